The Morgan fingerprint density at radius 2 is 2.08 bits per heavy atom. The van der Waals surface area contributed by atoms with Gasteiger partial charge in [0.05, 0.1) is 11.4 Å². The molecule has 0 spiro atoms. The standard InChI is InChI=1S/C18H19N3O2S/c1-14-4-6-15(7-5-14)23-13-18(22)19-9-11-21-10-8-16(20-21)17-3-2-12-24-17/h2-8,10,12H,9,11,13H2,1H3,(H,19,22). The summed E-state index contributed by atoms with van der Waals surface area (Å²) in [5, 5.41) is 9.36. The molecule has 24 heavy (non-hydrogen) atoms. The smallest absolute Gasteiger partial charge is 0.258 e. The fourth-order valence-electron chi connectivity index (χ4n) is 2.19. The van der Waals surface area contributed by atoms with E-state index >= 15 is 0 Å². The van der Waals surface area contributed by atoms with Gasteiger partial charge in [0.15, 0.2) is 6.61 Å². The third-order valence-electron chi connectivity index (χ3n) is 3.47. The molecule has 0 bridgehead atoms. The zero-order valence-corrected chi connectivity index (χ0v) is 14.3. The first-order valence-electron chi connectivity index (χ1n) is 7.74. The number of benzene rings is 1. The van der Waals surface area contributed by atoms with Gasteiger partial charge in [-0.05, 0) is 36.6 Å². The molecule has 0 fully saturated rings. The quantitative estimate of drug-likeness (QED) is 0.718. The summed E-state index contributed by atoms with van der Waals surface area (Å²) in [6.07, 6.45) is 1.92. The molecule has 1 aromatic carbocycles. The summed E-state index contributed by atoms with van der Waals surface area (Å²) in [4.78, 5) is 12.9. The summed E-state index contributed by atoms with van der Waals surface area (Å²) in [6.45, 7) is 3.17. The van der Waals surface area contributed by atoms with Crippen LogP contribution in [0.4, 0.5) is 0 Å². The van der Waals surface area contributed by atoms with Gasteiger partial charge in [-0.1, -0.05) is 23.8 Å². The number of nitrogens with one attached hydrogen (secondary N) is 1. The van der Waals surface area contributed by atoms with E-state index in [2.05, 4.69) is 10.4 Å². The molecule has 124 valence electrons. The van der Waals surface area contributed by atoms with Crippen LogP contribution in [-0.4, -0.2) is 28.8 Å². The second kappa shape index (κ2) is 7.79. The van der Waals surface area contributed by atoms with Crippen molar-refractivity contribution in [3.63, 3.8) is 0 Å². The molecule has 3 rings (SSSR count). The molecule has 2 aromatic heterocycles. The van der Waals surface area contributed by atoms with Crippen LogP contribution in [0.15, 0.2) is 54.0 Å². The first-order valence-corrected chi connectivity index (χ1v) is 8.62. The molecule has 0 atom stereocenters. The van der Waals surface area contributed by atoms with E-state index in [-0.39, 0.29) is 12.5 Å². The van der Waals surface area contributed by atoms with Crippen molar-refractivity contribution in [1.82, 2.24) is 15.1 Å². The minimum atomic E-state index is -0.138. The van der Waals surface area contributed by atoms with Crippen molar-refractivity contribution in [2.45, 2.75) is 13.5 Å². The average molecular weight is 341 g/mol. The zero-order valence-electron chi connectivity index (χ0n) is 13.4. The van der Waals surface area contributed by atoms with E-state index in [9.17, 15) is 4.79 Å². The van der Waals surface area contributed by atoms with Crippen LogP contribution >= 0.6 is 11.3 Å². The van der Waals surface area contributed by atoms with E-state index in [1.54, 1.807) is 11.3 Å². The molecular weight excluding hydrogens is 322 g/mol. The number of nitrogens with zero attached hydrogens (tertiary/aromatic N) is 2. The lowest BCUT2D eigenvalue weighted by Crippen LogP contribution is -2.31. The molecule has 5 nitrogen and oxygen atoms in total. The Balaban J connectivity index is 1.40. The van der Waals surface area contributed by atoms with Gasteiger partial charge in [-0.2, -0.15) is 5.10 Å². The molecule has 3 aromatic rings. The summed E-state index contributed by atoms with van der Waals surface area (Å²) in [6, 6.07) is 13.7. The van der Waals surface area contributed by atoms with Gasteiger partial charge in [-0.25, -0.2) is 0 Å². The van der Waals surface area contributed by atoms with E-state index in [1.807, 2.05) is 65.6 Å². The van der Waals surface area contributed by atoms with Crippen LogP contribution < -0.4 is 10.1 Å². The number of rotatable bonds is 7. The van der Waals surface area contributed by atoms with Crippen molar-refractivity contribution < 1.29 is 9.53 Å². The Kier molecular flexibility index (Phi) is 5.28. The second-order valence-electron chi connectivity index (χ2n) is 5.39. The second-order valence-corrected chi connectivity index (χ2v) is 6.34. The lowest BCUT2D eigenvalue weighted by Gasteiger charge is -2.08. The lowest BCUT2D eigenvalue weighted by atomic mass is 10.2. The minimum Gasteiger partial charge on any atom is -0.484 e. The maximum atomic E-state index is 11.8. The molecule has 0 saturated heterocycles. The van der Waals surface area contributed by atoms with Gasteiger partial charge in [0.2, 0.25) is 0 Å². The number of thiophene rings is 1. The predicted molar refractivity (Wildman–Crippen MR) is 95.2 cm³/mol. The SMILES string of the molecule is Cc1ccc(OCC(=O)NCCn2ccc(-c3cccs3)n2)cc1. The predicted octanol–water partition coefficient (Wildman–Crippen LogP) is 3.12. The molecule has 1 amide bonds. The summed E-state index contributed by atoms with van der Waals surface area (Å²) in [7, 11) is 0. The number of aromatic nitrogens is 2. The number of carbonyl (C=O) groups is 1. The van der Waals surface area contributed by atoms with Gasteiger partial charge in [0.25, 0.3) is 5.91 Å². The van der Waals surface area contributed by atoms with Gasteiger partial charge in [0.1, 0.15) is 11.4 Å². The summed E-state index contributed by atoms with van der Waals surface area (Å²) < 4.78 is 7.28. The van der Waals surface area contributed by atoms with Crippen LogP contribution in [-0.2, 0) is 11.3 Å². The van der Waals surface area contributed by atoms with Crippen LogP contribution in [0.5, 0.6) is 5.75 Å². The van der Waals surface area contributed by atoms with Crippen molar-refractivity contribution in [2.24, 2.45) is 0 Å². The zero-order chi connectivity index (χ0) is 16.8. The Morgan fingerprint density at radius 3 is 2.83 bits per heavy atom. The highest BCUT2D eigenvalue weighted by atomic mass is 32.1. The van der Waals surface area contributed by atoms with Crippen LogP contribution in [0, 0.1) is 6.92 Å². The number of hydrogen-bond donors (Lipinski definition) is 1. The molecule has 0 aliphatic carbocycles. The fourth-order valence-corrected chi connectivity index (χ4v) is 2.88. The topological polar surface area (TPSA) is 56.1 Å². The molecule has 0 unspecified atom stereocenters. The van der Waals surface area contributed by atoms with Gasteiger partial charge < -0.3 is 10.1 Å². The van der Waals surface area contributed by atoms with E-state index in [0.717, 1.165) is 16.1 Å². The Bertz CT molecular complexity index is 779. The first kappa shape index (κ1) is 16.3. The van der Waals surface area contributed by atoms with E-state index in [0.29, 0.717) is 18.8 Å². The molecule has 1 N–H and O–H groups in total. The maximum absolute atomic E-state index is 11.8. The molecule has 6 heteroatoms. The molecule has 0 radical (unpaired) electrons. The number of aryl methyl sites for hydroxylation is 1. The van der Waals surface area contributed by atoms with Crippen molar-refractivity contribution in [3.8, 4) is 16.3 Å². The molecule has 2 heterocycles. The van der Waals surface area contributed by atoms with Crippen LogP contribution in [0.25, 0.3) is 10.6 Å². The monoisotopic (exact) mass is 341 g/mol. The van der Waals surface area contributed by atoms with Crippen molar-refractivity contribution in [2.75, 3.05) is 13.2 Å². The Hall–Kier alpha value is -2.60. The third-order valence-corrected chi connectivity index (χ3v) is 4.36. The molecule has 0 aliphatic heterocycles. The van der Waals surface area contributed by atoms with Crippen molar-refractivity contribution in [1.29, 1.82) is 0 Å². The van der Waals surface area contributed by atoms with E-state index in [1.165, 1.54) is 0 Å². The van der Waals surface area contributed by atoms with Crippen LogP contribution in [0.2, 0.25) is 0 Å². The Morgan fingerprint density at radius 1 is 1.25 bits per heavy atom. The molecule has 0 saturated carbocycles. The highest BCUT2D eigenvalue weighted by Crippen LogP contribution is 2.22. The first-order chi connectivity index (χ1) is 11.7. The number of carbonyl (C=O) groups excluding carboxylic acids is 1. The van der Waals surface area contributed by atoms with Gasteiger partial charge in [0, 0.05) is 12.7 Å². The van der Waals surface area contributed by atoms with Crippen molar-refractivity contribution in [3.05, 3.63) is 59.6 Å². The Labute approximate surface area is 144 Å². The normalized spacial score (nSPS) is 10.5. The third kappa shape index (κ3) is 4.45. The number of amides is 1. The largest absolute Gasteiger partial charge is 0.484 e. The van der Waals surface area contributed by atoms with Gasteiger partial charge in [-0.3, -0.25) is 9.48 Å². The summed E-state index contributed by atoms with van der Waals surface area (Å²) in [5.41, 5.74) is 2.12. The fraction of sp³-hybridized carbons (Fsp3) is 0.222. The molecular formula is C18H19N3O2S. The average Bonchev–Trinajstić information content (AvgIpc) is 3.25. The summed E-state index contributed by atoms with van der Waals surface area (Å²) >= 11 is 1.66. The van der Waals surface area contributed by atoms with E-state index < -0.39 is 0 Å². The van der Waals surface area contributed by atoms with Crippen LogP contribution in [0.1, 0.15) is 5.56 Å². The van der Waals surface area contributed by atoms with Gasteiger partial charge in [-0.15, -0.1) is 11.3 Å². The maximum Gasteiger partial charge on any atom is 0.258 e. The van der Waals surface area contributed by atoms with Crippen molar-refractivity contribution >= 4 is 17.2 Å². The van der Waals surface area contributed by atoms with Crippen LogP contribution in [0.3, 0.4) is 0 Å². The van der Waals surface area contributed by atoms with Gasteiger partial charge >= 0.3 is 0 Å². The lowest BCUT2D eigenvalue weighted by molar-refractivity contribution is -0.123. The minimum absolute atomic E-state index is 0.0165. The van der Waals surface area contributed by atoms with E-state index in [4.69, 9.17) is 4.74 Å². The number of ether oxygens (including phenoxy) is 1. The summed E-state index contributed by atoms with van der Waals surface area (Å²) in [5.74, 6) is 0.560. The highest BCUT2D eigenvalue weighted by Gasteiger charge is 2.05. The molecule has 0 aliphatic rings. The highest BCUT2D eigenvalue weighted by molar-refractivity contribution is 7.13. The number of hydrogen-bond acceptors (Lipinski definition) is 4.